The molecule has 1 saturated carbocycles. The molecule has 1 aliphatic carbocycles. The molecule has 1 aromatic carbocycles. The number of para-hydroxylation sites is 1. The van der Waals surface area contributed by atoms with Gasteiger partial charge in [0.25, 0.3) is 0 Å². The van der Waals surface area contributed by atoms with E-state index in [9.17, 15) is 5.11 Å². The Hall–Kier alpha value is -0.540. The second kappa shape index (κ2) is 4.99. The largest absolute Gasteiger partial charge is 0.391 e. The lowest BCUT2D eigenvalue weighted by molar-refractivity contribution is 0.116. The topological polar surface area (TPSA) is 32.3 Å². The van der Waals surface area contributed by atoms with Crippen LogP contribution in [0.5, 0.6) is 0 Å². The van der Waals surface area contributed by atoms with Crippen molar-refractivity contribution in [2.24, 2.45) is 0 Å². The van der Waals surface area contributed by atoms with Crippen molar-refractivity contribution in [3.63, 3.8) is 0 Å². The maximum Gasteiger partial charge on any atom is 0.0741 e. The van der Waals surface area contributed by atoms with Crippen LogP contribution < -0.4 is 5.32 Å². The highest BCUT2D eigenvalue weighted by molar-refractivity contribution is 9.10. The van der Waals surface area contributed by atoms with E-state index in [1.54, 1.807) is 0 Å². The van der Waals surface area contributed by atoms with E-state index in [1.165, 1.54) is 6.42 Å². The van der Waals surface area contributed by atoms with Gasteiger partial charge in [-0.25, -0.2) is 0 Å². The van der Waals surface area contributed by atoms with Crippen LogP contribution in [0.4, 0.5) is 5.69 Å². The van der Waals surface area contributed by atoms with Gasteiger partial charge in [0.15, 0.2) is 0 Å². The summed E-state index contributed by atoms with van der Waals surface area (Å²) in [7, 11) is 0. The highest BCUT2D eigenvalue weighted by atomic mass is 79.9. The molecule has 3 heteroatoms. The standard InChI is InChI=1S/C12H16BrNO/c13-9-5-1-2-6-10(9)14-11-7-3-4-8-12(11)15/h1-2,5-6,11-12,14-15H,3-4,7-8H2/t11-,12-/m0/s1. The molecular formula is C12H16BrNO. The number of rotatable bonds is 2. The van der Waals surface area contributed by atoms with Crippen molar-refractivity contribution in [1.29, 1.82) is 0 Å². The Morgan fingerprint density at radius 1 is 1.20 bits per heavy atom. The van der Waals surface area contributed by atoms with Crippen molar-refractivity contribution in [1.82, 2.24) is 0 Å². The first-order valence-corrected chi connectivity index (χ1v) is 6.26. The summed E-state index contributed by atoms with van der Waals surface area (Å²) in [4.78, 5) is 0. The summed E-state index contributed by atoms with van der Waals surface area (Å²) in [5.74, 6) is 0. The van der Waals surface area contributed by atoms with Crippen molar-refractivity contribution in [3.05, 3.63) is 28.7 Å². The van der Waals surface area contributed by atoms with Crippen molar-refractivity contribution in [2.45, 2.75) is 37.8 Å². The van der Waals surface area contributed by atoms with Gasteiger partial charge in [0.2, 0.25) is 0 Å². The first-order chi connectivity index (χ1) is 7.27. The van der Waals surface area contributed by atoms with Crippen LogP contribution in [0.2, 0.25) is 0 Å². The Morgan fingerprint density at radius 3 is 2.67 bits per heavy atom. The Labute approximate surface area is 98.8 Å². The summed E-state index contributed by atoms with van der Waals surface area (Å²) >= 11 is 3.50. The van der Waals surface area contributed by atoms with E-state index in [0.717, 1.165) is 29.4 Å². The predicted molar refractivity (Wildman–Crippen MR) is 66.0 cm³/mol. The number of halogens is 1. The van der Waals surface area contributed by atoms with Gasteiger partial charge in [0, 0.05) is 10.2 Å². The average Bonchev–Trinajstić information content (AvgIpc) is 2.24. The second-order valence-electron chi connectivity index (χ2n) is 4.08. The maximum atomic E-state index is 9.84. The predicted octanol–water partition coefficient (Wildman–Crippen LogP) is 3.16. The minimum atomic E-state index is -0.203. The lowest BCUT2D eigenvalue weighted by atomic mass is 9.92. The summed E-state index contributed by atoms with van der Waals surface area (Å²) in [5.41, 5.74) is 1.07. The molecule has 0 amide bonds. The monoisotopic (exact) mass is 269 g/mol. The summed E-state index contributed by atoms with van der Waals surface area (Å²) in [5, 5.41) is 13.2. The molecule has 15 heavy (non-hydrogen) atoms. The zero-order valence-corrected chi connectivity index (χ0v) is 10.2. The molecule has 1 aromatic rings. The molecule has 1 aliphatic rings. The highest BCUT2D eigenvalue weighted by Crippen LogP contribution is 2.26. The normalized spacial score (nSPS) is 26.3. The summed E-state index contributed by atoms with van der Waals surface area (Å²) < 4.78 is 1.06. The van der Waals surface area contributed by atoms with E-state index in [0.29, 0.717) is 0 Å². The van der Waals surface area contributed by atoms with Gasteiger partial charge < -0.3 is 10.4 Å². The number of hydrogen-bond acceptors (Lipinski definition) is 2. The van der Waals surface area contributed by atoms with E-state index in [2.05, 4.69) is 21.2 Å². The van der Waals surface area contributed by atoms with Crippen LogP contribution in [0.3, 0.4) is 0 Å². The Morgan fingerprint density at radius 2 is 1.93 bits per heavy atom. The lowest BCUT2D eigenvalue weighted by Crippen LogP contribution is -2.36. The number of anilines is 1. The van der Waals surface area contributed by atoms with Gasteiger partial charge in [-0.15, -0.1) is 0 Å². The van der Waals surface area contributed by atoms with Gasteiger partial charge >= 0.3 is 0 Å². The van der Waals surface area contributed by atoms with Gasteiger partial charge in [0.05, 0.1) is 12.1 Å². The number of aliphatic hydroxyl groups excluding tert-OH is 1. The first kappa shape index (κ1) is 11.0. The molecule has 0 heterocycles. The second-order valence-corrected chi connectivity index (χ2v) is 4.94. The molecule has 0 saturated heterocycles. The van der Waals surface area contributed by atoms with Crippen LogP contribution >= 0.6 is 15.9 Å². The minimum Gasteiger partial charge on any atom is -0.391 e. The molecule has 2 N–H and O–H groups in total. The molecule has 2 rings (SSSR count). The number of hydrogen-bond donors (Lipinski definition) is 2. The number of benzene rings is 1. The van der Waals surface area contributed by atoms with Crippen LogP contribution in [0.1, 0.15) is 25.7 Å². The van der Waals surface area contributed by atoms with E-state index in [-0.39, 0.29) is 12.1 Å². The Bertz CT molecular complexity index is 329. The fourth-order valence-corrected chi connectivity index (χ4v) is 2.46. The fourth-order valence-electron chi connectivity index (χ4n) is 2.06. The zero-order valence-electron chi connectivity index (χ0n) is 8.62. The van der Waals surface area contributed by atoms with Gasteiger partial charge in [-0.2, -0.15) is 0 Å². The molecule has 0 radical (unpaired) electrons. The molecule has 0 spiro atoms. The third-order valence-corrected chi connectivity index (χ3v) is 3.64. The zero-order chi connectivity index (χ0) is 10.7. The molecule has 0 aromatic heterocycles. The summed E-state index contributed by atoms with van der Waals surface area (Å²) in [6.07, 6.45) is 4.13. The number of aliphatic hydroxyl groups is 1. The minimum absolute atomic E-state index is 0.203. The molecule has 1 fully saturated rings. The van der Waals surface area contributed by atoms with Crippen molar-refractivity contribution < 1.29 is 5.11 Å². The van der Waals surface area contributed by atoms with E-state index in [1.807, 2.05) is 24.3 Å². The van der Waals surface area contributed by atoms with Gasteiger partial charge in [-0.3, -0.25) is 0 Å². The Balaban J connectivity index is 2.04. The van der Waals surface area contributed by atoms with Crippen LogP contribution in [0, 0.1) is 0 Å². The average molecular weight is 270 g/mol. The van der Waals surface area contributed by atoms with Crippen LogP contribution in [-0.2, 0) is 0 Å². The quantitative estimate of drug-likeness (QED) is 0.865. The summed E-state index contributed by atoms with van der Waals surface area (Å²) in [6, 6.07) is 8.25. The van der Waals surface area contributed by atoms with Gasteiger partial charge in [0.1, 0.15) is 0 Å². The summed E-state index contributed by atoms with van der Waals surface area (Å²) in [6.45, 7) is 0. The van der Waals surface area contributed by atoms with E-state index >= 15 is 0 Å². The van der Waals surface area contributed by atoms with E-state index < -0.39 is 0 Å². The van der Waals surface area contributed by atoms with Crippen molar-refractivity contribution in [3.8, 4) is 0 Å². The molecule has 0 aliphatic heterocycles. The molecule has 2 nitrogen and oxygen atoms in total. The van der Waals surface area contributed by atoms with Crippen LogP contribution in [-0.4, -0.2) is 17.3 Å². The van der Waals surface area contributed by atoms with Crippen LogP contribution in [0.15, 0.2) is 28.7 Å². The third-order valence-electron chi connectivity index (χ3n) is 2.94. The van der Waals surface area contributed by atoms with Gasteiger partial charge in [-0.1, -0.05) is 25.0 Å². The highest BCUT2D eigenvalue weighted by Gasteiger charge is 2.22. The smallest absolute Gasteiger partial charge is 0.0741 e. The first-order valence-electron chi connectivity index (χ1n) is 5.46. The maximum absolute atomic E-state index is 9.84. The third kappa shape index (κ3) is 2.73. The molecule has 82 valence electrons. The van der Waals surface area contributed by atoms with Crippen molar-refractivity contribution >= 4 is 21.6 Å². The van der Waals surface area contributed by atoms with Crippen LogP contribution in [0.25, 0.3) is 0 Å². The molecule has 0 unspecified atom stereocenters. The SMILES string of the molecule is O[C@H]1CCCC[C@@H]1Nc1ccccc1Br. The fraction of sp³-hybridized carbons (Fsp3) is 0.500. The molecular weight excluding hydrogens is 254 g/mol. The Kier molecular flexibility index (Phi) is 3.65. The molecule has 2 atom stereocenters. The number of nitrogens with one attached hydrogen (secondary N) is 1. The van der Waals surface area contributed by atoms with Crippen molar-refractivity contribution in [2.75, 3.05) is 5.32 Å². The van der Waals surface area contributed by atoms with E-state index in [4.69, 9.17) is 0 Å². The van der Waals surface area contributed by atoms with Gasteiger partial charge in [-0.05, 0) is 40.9 Å². The molecule has 0 bridgehead atoms. The lowest BCUT2D eigenvalue weighted by Gasteiger charge is -2.29.